The number of nitrogens with one attached hydrogen (secondary N) is 1. The first-order valence-corrected chi connectivity index (χ1v) is 9.98. The van der Waals surface area contributed by atoms with Crippen molar-refractivity contribution >= 4 is 0 Å². The van der Waals surface area contributed by atoms with Gasteiger partial charge in [-0.1, -0.05) is 19.4 Å². The first-order chi connectivity index (χ1) is 12.7. The molecule has 0 aliphatic carbocycles. The van der Waals surface area contributed by atoms with Crippen molar-refractivity contribution in [2.75, 3.05) is 19.7 Å². The van der Waals surface area contributed by atoms with Gasteiger partial charge in [0.25, 0.3) is 5.56 Å². The summed E-state index contributed by atoms with van der Waals surface area (Å²) in [5, 5.41) is 0. The lowest BCUT2D eigenvalue weighted by atomic mass is 9.83. The van der Waals surface area contributed by atoms with E-state index in [1.165, 1.54) is 17.7 Å². The average Bonchev–Trinajstić information content (AvgIpc) is 2.64. The minimum atomic E-state index is 0.166. The normalized spacial score (nSPS) is 24.1. The summed E-state index contributed by atoms with van der Waals surface area (Å²) in [7, 11) is 0. The van der Waals surface area contributed by atoms with E-state index in [-0.39, 0.29) is 5.56 Å². The van der Waals surface area contributed by atoms with Crippen LogP contribution in [0.1, 0.15) is 43.4 Å². The van der Waals surface area contributed by atoms with E-state index in [1.807, 2.05) is 10.6 Å². The summed E-state index contributed by atoms with van der Waals surface area (Å²) in [5.41, 5.74) is 2.78. The predicted molar refractivity (Wildman–Crippen MR) is 103 cm³/mol. The molecule has 3 atom stereocenters. The first-order valence-electron chi connectivity index (χ1n) is 9.98. The zero-order valence-electron chi connectivity index (χ0n) is 15.6. The molecule has 0 spiro atoms. The molecular weight excluding hydrogens is 324 g/mol. The van der Waals surface area contributed by atoms with E-state index in [9.17, 15) is 4.79 Å². The molecule has 1 aromatic heterocycles. The van der Waals surface area contributed by atoms with Crippen molar-refractivity contribution in [2.45, 2.75) is 45.2 Å². The predicted octanol–water partition coefficient (Wildman–Crippen LogP) is 2.23. The Kier molecular flexibility index (Phi) is 5.11. The number of nitrogens with zero attached hydrogens (tertiary/aromatic N) is 1. The third kappa shape index (κ3) is 3.70. The quantitative estimate of drug-likeness (QED) is 0.809. The van der Waals surface area contributed by atoms with Crippen LogP contribution in [0.25, 0.3) is 0 Å². The van der Waals surface area contributed by atoms with E-state index in [0.29, 0.717) is 11.8 Å². The Bertz CT molecular complexity index is 797. The summed E-state index contributed by atoms with van der Waals surface area (Å²) in [6.07, 6.45) is 3.50. The number of ether oxygens (including phenoxy) is 1. The van der Waals surface area contributed by atoms with Crippen LogP contribution in [0.15, 0.2) is 47.3 Å². The van der Waals surface area contributed by atoms with E-state index in [0.717, 1.165) is 51.4 Å². The van der Waals surface area contributed by atoms with Gasteiger partial charge in [0, 0.05) is 35.7 Å². The fourth-order valence-corrected chi connectivity index (χ4v) is 4.59. The summed E-state index contributed by atoms with van der Waals surface area (Å²) in [6, 6.07) is 14.4. The van der Waals surface area contributed by atoms with E-state index < -0.39 is 0 Å². The second kappa shape index (κ2) is 7.67. The molecule has 1 saturated heterocycles. The zero-order valence-corrected chi connectivity index (χ0v) is 15.6. The maximum Gasteiger partial charge on any atom is 0.250 e. The number of likely N-dealkylation sites (tertiary alicyclic amines) is 1. The highest BCUT2D eigenvalue weighted by Crippen LogP contribution is 2.30. The van der Waals surface area contributed by atoms with Gasteiger partial charge in [0.2, 0.25) is 0 Å². The number of pyridine rings is 1. The van der Waals surface area contributed by atoms with Crippen LogP contribution >= 0.6 is 0 Å². The zero-order chi connectivity index (χ0) is 17.9. The number of rotatable bonds is 6. The summed E-state index contributed by atoms with van der Waals surface area (Å²) in [5.74, 6) is 2.11. The van der Waals surface area contributed by atoms with Gasteiger partial charge in [-0.05, 0) is 43.2 Å². The smallest absolute Gasteiger partial charge is 0.250 e. The highest BCUT2D eigenvalue weighted by molar-refractivity contribution is 5.26. The molecule has 1 unspecified atom stereocenters. The van der Waals surface area contributed by atoms with Crippen molar-refractivity contribution in [1.29, 1.82) is 0 Å². The number of aromatic nitrogens is 1. The number of piperidine rings is 1. The van der Waals surface area contributed by atoms with Crippen LogP contribution in [0, 0.1) is 5.92 Å². The molecule has 138 valence electrons. The van der Waals surface area contributed by atoms with E-state index in [4.69, 9.17) is 4.74 Å². The number of benzene rings is 1. The molecule has 26 heavy (non-hydrogen) atoms. The highest BCUT2D eigenvalue weighted by Gasteiger charge is 2.36. The number of unbranched alkanes of at least 4 members (excludes halogenated alkanes) is 1. The number of hydrogen-bond acceptors (Lipinski definition) is 2. The highest BCUT2D eigenvalue weighted by atomic mass is 16.5. The standard InChI is InChI=1S/C22H28N2O2/c1-2-3-11-26-20-9-7-17(8-10-20)13-23-14-18-12-19(16-23)21-5-4-6-22(25)24(21)15-18/h4-10,18-19H,2-3,11-16H2,1H3/p+1/t18-,19-/m1/s1. The van der Waals surface area contributed by atoms with Crippen LogP contribution in [0.5, 0.6) is 5.75 Å². The van der Waals surface area contributed by atoms with Crippen molar-refractivity contribution in [2.24, 2.45) is 5.92 Å². The SMILES string of the molecule is CCCCOc1ccc(C[NH+]2C[C@H]3C[C@H](C2)c2cccc(=O)n2C3)cc1. The van der Waals surface area contributed by atoms with Crippen LogP contribution in [0.2, 0.25) is 0 Å². The molecule has 4 nitrogen and oxygen atoms in total. The molecule has 0 radical (unpaired) electrons. The topological polar surface area (TPSA) is 35.7 Å². The molecule has 4 rings (SSSR count). The van der Waals surface area contributed by atoms with Gasteiger partial charge < -0.3 is 14.2 Å². The Hall–Kier alpha value is -2.07. The Balaban J connectivity index is 1.41. The lowest BCUT2D eigenvalue weighted by Gasteiger charge is -2.40. The van der Waals surface area contributed by atoms with E-state index in [2.05, 4.69) is 37.3 Å². The number of fused-ring (bicyclic) bond motifs is 4. The molecule has 4 heteroatoms. The van der Waals surface area contributed by atoms with Crippen LogP contribution < -0.4 is 15.2 Å². The molecule has 0 amide bonds. The molecule has 1 fully saturated rings. The Labute approximate surface area is 155 Å². The Morgan fingerprint density at radius 1 is 1.15 bits per heavy atom. The fraction of sp³-hybridized carbons (Fsp3) is 0.500. The summed E-state index contributed by atoms with van der Waals surface area (Å²) < 4.78 is 7.78. The minimum absolute atomic E-state index is 0.166. The van der Waals surface area contributed by atoms with Crippen LogP contribution in [-0.4, -0.2) is 24.3 Å². The van der Waals surface area contributed by atoms with Crippen LogP contribution in [-0.2, 0) is 13.1 Å². The molecule has 0 saturated carbocycles. The molecule has 2 aromatic rings. The first kappa shape index (κ1) is 17.3. The molecule has 3 heterocycles. The summed E-state index contributed by atoms with van der Waals surface area (Å²) in [6.45, 7) is 7.20. The van der Waals surface area contributed by atoms with Gasteiger partial charge in [-0.3, -0.25) is 4.79 Å². The lowest BCUT2D eigenvalue weighted by Crippen LogP contribution is -3.13. The molecular formula is C22H29N2O2+. The fourth-order valence-electron chi connectivity index (χ4n) is 4.59. The van der Waals surface area contributed by atoms with Gasteiger partial charge in [-0.2, -0.15) is 0 Å². The maximum atomic E-state index is 12.1. The number of quaternary nitrogens is 1. The Morgan fingerprint density at radius 2 is 2.00 bits per heavy atom. The summed E-state index contributed by atoms with van der Waals surface area (Å²) in [4.78, 5) is 13.8. The van der Waals surface area contributed by atoms with Crippen molar-refractivity contribution in [3.05, 3.63) is 64.1 Å². The van der Waals surface area contributed by atoms with E-state index >= 15 is 0 Å². The van der Waals surface area contributed by atoms with Crippen molar-refractivity contribution in [3.8, 4) is 5.75 Å². The van der Waals surface area contributed by atoms with Gasteiger partial charge in [0.05, 0.1) is 19.7 Å². The monoisotopic (exact) mass is 353 g/mol. The number of hydrogen-bond donors (Lipinski definition) is 1. The lowest BCUT2D eigenvalue weighted by molar-refractivity contribution is -0.924. The second-order valence-corrected chi connectivity index (χ2v) is 7.88. The largest absolute Gasteiger partial charge is 0.494 e. The van der Waals surface area contributed by atoms with Gasteiger partial charge in [0.15, 0.2) is 0 Å². The van der Waals surface area contributed by atoms with Gasteiger partial charge >= 0.3 is 0 Å². The van der Waals surface area contributed by atoms with Crippen molar-refractivity contribution in [3.63, 3.8) is 0 Å². The Morgan fingerprint density at radius 3 is 2.81 bits per heavy atom. The molecule has 2 aliphatic heterocycles. The van der Waals surface area contributed by atoms with Crippen LogP contribution in [0.3, 0.4) is 0 Å². The average molecular weight is 353 g/mol. The van der Waals surface area contributed by atoms with Crippen molar-refractivity contribution < 1.29 is 9.64 Å². The molecule has 2 aliphatic rings. The third-order valence-corrected chi connectivity index (χ3v) is 5.82. The molecule has 1 aromatic carbocycles. The maximum absolute atomic E-state index is 12.1. The third-order valence-electron chi connectivity index (χ3n) is 5.82. The van der Waals surface area contributed by atoms with Gasteiger partial charge in [-0.15, -0.1) is 0 Å². The molecule has 1 N–H and O–H groups in total. The second-order valence-electron chi connectivity index (χ2n) is 7.88. The molecule has 2 bridgehead atoms. The summed E-state index contributed by atoms with van der Waals surface area (Å²) >= 11 is 0. The van der Waals surface area contributed by atoms with E-state index in [1.54, 1.807) is 11.0 Å². The van der Waals surface area contributed by atoms with Crippen LogP contribution in [0.4, 0.5) is 0 Å². The van der Waals surface area contributed by atoms with Gasteiger partial charge in [-0.25, -0.2) is 0 Å². The van der Waals surface area contributed by atoms with Gasteiger partial charge in [0.1, 0.15) is 12.3 Å². The van der Waals surface area contributed by atoms with Crippen molar-refractivity contribution in [1.82, 2.24) is 4.57 Å². The minimum Gasteiger partial charge on any atom is -0.494 e.